The second kappa shape index (κ2) is 8.76. The average Bonchev–Trinajstić information content (AvgIpc) is 2.99. The molecular weight excluding hydrogens is 426 g/mol. The summed E-state index contributed by atoms with van der Waals surface area (Å²) in [7, 11) is 1.65. The fraction of sp³-hybridized carbons (Fsp3) is 0.478. The molecule has 4 rings (SSSR count). The normalized spacial score (nSPS) is 18.4. The second-order valence-corrected chi connectivity index (χ2v) is 9.20. The molecule has 33 heavy (non-hydrogen) atoms. The molecule has 10 nitrogen and oxygen atoms in total. The van der Waals surface area contributed by atoms with Gasteiger partial charge >= 0.3 is 6.09 Å². The number of hydrogen-bond acceptors (Lipinski definition) is 6. The number of amides is 3. The van der Waals surface area contributed by atoms with E-state index in [1.807, 2.05) is 32.9 Å². The highest BCUT2D eigenvalue weighted by Gasteiger charge is 2.32. The molecule has 1 aromatic heterocycles. The molecule has 1 aromatic carbocycles. The first-order chi connectivity index (χ1) is 15.6. The van der Waals surface area contributed by atoms with E-state index in [4.69, 9.17) is 9.47 Å². The Morgan fingerprint density at radius 3 is 2.73 bits per heavy atom. The predicted octanol–water partition coefficient (Wildman–Crippen LogP) is 2.18. The Morgan fingerprint density at radius 1 is 1.21 bits per heavy atom. The number of likely N-dealkylation sites (N-methyl/N-ethyl adjacent to an activating group) is 1. The molecule has 1 atom stereocenters. The number of benzene rings is 1. The lowest BCUT2D eigenvalue weighted by molar-refractivity contribution is -0.120. The maximum atomic E-state index is 12.9. The van der Waals surface area contributed by atoms with Crippen LogP contribution < -0.4 is 15.0 Å². The van der Waals surface area contributed by atoms with Gasteiger partial charge in [0.2, 0.25) is 0 Å². The molecule has 2 aromatic rings. The molecule has 0 saturated carbocycles. The third kappa shape index (κ3) is 4.94. The molecule has 0 bridgehead atoms. The number of aromatic nitrogens is 2. The monoisotopic (exact) mass is 455 g/mol. The minimum absolute atomic E-state index is 0.0198. The number of fused-ring (bicyclic) bond motifs is 2. The van der Waals surface area contributed by atoms with E-state index in [0.29, 0.717) is 37.5 Å². The first-order valence-electron chi connectivity index (χ1n) is 11.0. The zero-order valence-corrected chi connectivity index (χ0v) is 19.3. The number of nitrogens with zero attached hydrogens (tertiary/aromatic N) is 4. The number of anilines is 1. The third-order valence-electron chi connectivity index (χ3n) is 5.46. The van der Waals surface area contributed by atoms with Crippen LogP contribution in [0.2, 0.25) is 0 Å². The molecule has 0 unspecified atom stereocenters. The first-order valence-corrected chi connectivity index (χ1v) is 11.0. The van der Waals surface area contributed by atoms with Crippen LogP contribution in [-0.2, 0) is 22.6 Å². The maximum Gasteiger partial charge on any atom is 0.410 e. The smallest absolute Gasteiger partial charge is 0.410 e. The van der Waals surface area contributed by atoms with Crippen LogP contribution in [0.5, 0.6) is 5.75 Å². The molecule has 0 fully saturated rings. The largest absolute Gasteiger partial charge is 0.489 e. The summed E-state index contributed by atoms with van der Waals surface area (Å²) < 4.78 is 13.0. The number of carbonyl (C=O) groups is 3. The van der Waals surface area contributed by atoms with Crippen molar-refractivity contribution in [2.75, 3.05) is 25.1 Å². The van der Waals surface area contributed by atoms with Gasteiger partial charge in [-0.2, -0.15) is 5.10 Å². The molecule has 2 aliphatic rings. The molecule has 1 N–H and O–H groups in total. The molecule has 3 amide bonds. The molecule has 0 radical (unpaired) electrons. The van der Waals surface area contributed by atoms with Crippen LogP contribution in [0.15, 0.2) is 30.3 Å². The fourth-order valence-electron chi connectivity index (χ4n) is 3.84. The van der Waals surface area contributed by atoms with E-state index in [9.17, 15) is 14.4 Å². The quantitative estimate of drug-likeness (QED) is 0.744. The van der Waals surface area contributed by atoms with E-state index in [1.54, 1.807) is 34.8 Å². The summed E-state index contributed by atoms with van der Waals surface area (Å²) in [5, 5.41) is 7.16. The van der Waals surface area contributed by atoms with Crippen molar-refractivity contribution in [1.29, 1.82) is 0 Å². The van der Waals surface area contributed by atoms with E-state index in [-0.39, 0.29) is 18.2 Å². The van der Waals surface area contributed by atoms with Gasteiger partial charge in [0.15, 0.2) is 5.69 Å². The van der Waals surface area contributed by atoms with Gasteiger partial charge in [-0.05, 0) is 45.4 Å². The Bertz CT molecular complexity index is 1070. The highest BCUT2D eigenvalue weighted by Crippen LogP contribution is 2.30. The van der Waals surface area contributed by atoms with Gasteiger partial charge in [0, 0.05) is 20.1 Å². The summed E-state index contributed by atoms with van der Waals surface area (Å²) in [6.45, 7) is 6.90. The number of ether oxygens (including phenoxy) is 2. The zero-order valence-electron chi connectivity index (χ0n) is 19.3. The molecule has 3 heterocycles. The summed E-state index contributed by atoms with van der Waals surface area (Å²) in [6.07, 6.45) is 0.291. The maximum absolute atomic E-state index is 12.9. The van der Waals surface area contributed by atoms with E-state index in [1.165, 1.54) is 4.90 Å². The summed E-state index contributed by atoms with van der Waals surface area (Å²) in [5.74, 6) is -0.160. The van der Waals surface area contributed by atoms with Crippen molar-refractivity contribution in [2.24, 2.45) is 0 Å². The minimum atomic E-state index is -0.852. The summed E-state index contributed by atoms with van der Waals surface area (Å²) in [4.78, 5) is 41.4. The van der Waals surface area contributed by atoms with Gasteiger partial charge in [0.05, 0.1) is 17.9 Å². The fourth-order valence-corrected chi connectivity index (χ4v) is 3.84. The van der Waals surface area contributed by atoms with E-state index in [0.717, 1.165) is 5.69 Å². The van der Waals surface area contributed by atoms with Crippen molar-refractivity contribution in [2.45, 2.75) is 51.9 Å². The van der Waals surface area contributed by atoms with Gasteiger partial charge in [-0.3, -0.25) is 14.3 Å². The van der Waals surface area contributed by atoms with Crippen molar-refractivity contribution in [3.8, 4) is 5.75 Å². The molecule has 176 valence electrons. The molecule has 2 aliphatic heterocycles. The third-order valence-corrected chi connectivity index (χ3v) is 5.46. The van der Waals surface area contributed by atoms with Gasteiger partial charge in [-0.1, -0.05) is 12.1 Å². The van der Waals surface area contributed by atoms with Crippen LogP contribution in [0.25, 0.3) is 0 Å². The Hall–Kier alpha value is -3.56. The average molecular weight is 456 g/mol. The summed E-state index contributed by atoms with van der Waals surface area (Å²) >= 11 is 0. The van der Waals surface area contributed by atoms with Gasteiger partial charge in [-0.15, -0.1) is 0 Å². The Morgan fingerprint density at radius 2 is 1.97 bits per heavy atom. The number of rotatable bonds is 2. The molecular formula is C23H29N5O5. The molecule has 0 spiro atoms. The van der Waals surface area contributed by atoms with Crippen molar-refractivity contribution in [1.82, 2.24) is 20.0 Å². The highest BCUT2D eigenvalue weighted by atomic mass is 16.6. The second-order valence-electron chi connectivity index (χ2n) is 9.20. The lowest BCUT2D eigenvalue weighted by Gasteiger charge is -2.26. The van der Waals surface area contributed by atoms with Crippen LogP contribution in [0.1, 0.15) is 43.4 Å². The van der Waals surface area contributed by atoms with Crippen LogP contribution in [0.4, 0.5) is 10.5 Å². The van der Waals surface area contributed by atoms with Gasteiger partial charge in [0.1, 0.15) is 24.0 Å². The van der Waals surface area contributed by atoms with Crippen molar-refractivity contribution < 1.29 is 23.9 Å². The van der Waals surface area contributed by atoms with Gasteiger partial charge < -0.3 is 24.6 Å². The highest BCUT2D eigenvalue weighted by molar-refractivity contribution is 6.02. The van der Waals surface area contributed by atoms with Gasteiger partial charge in [-0.25, -0.2) is 4.79 Å². The van der Waals surface area contributed by atoms with E-state index >= 15 is 0 Å². The first kappa shape index (κ1) is 22.6. The summed E-state index contributed by atoms with van der Waals surface area (Å²) in [5.41, 5.74) is 0.981. The minimum Gasteiger partial charge on any atom is -0.489 e. The van der Waals surface area contributed by atoms with Crippen molar-refractivity contribution >= 4 is 23.6 Å². The van der Waals surface area contributed by atoms with Crippen molar-refractivity contribution in [3.05, 3.63) is 41.7 Å². The number of para-hydroxylation sites is 2. The zero-order chi connectivity index (χ0) is 23.8. The Balaban J connectivity index is 1.46. The number of nitrogens with one attached hydrogen (secondary N) is 1. The number of hydrogen-bond donors (Lipinski definition) is 1. The predicted molar refractivity (Wildman–Crippen MR) is 120 cm³/mol. The summed E-state index contributed by atoms with van der Waals surface area (Å²) in [6, 6.07) is 8.03. The van der Waals surface area contributed by atoms with Crippen LogP contribution >= 0.6 is 0 Å². The lowest BCUT2D eigenvalue weighted by Crippen LogP contribution is -2.49. The molecule has 10 heteroatoms. The molecule has 0 aliphatic carbocycles. The number of carbonyl (C=O) groups excluding carboxylic acids is 3. The van der Waals surface area contributed by atoms with E-state index < -0.39 is 23.6 Å². The van der Waals surface area contributed by atoms with Crippen molar-refractivity contribution in [3.63, 3.8) is 0 Å². The SMILES string of the molecule is CN1C(=O)[C@@H](NC(=O)c2cc3n(n2)CCCN(C(=O)OC(C)(C)C)C3)COc2ccccc21. The van der Waals surface area contributed by atoms with Crippen LogP contribution in [0.3, 0.4) is 0 Å². The molecule has 0 saturated heterocycles. The number of aryl methyl sites for hydroxylation is 1. The topological polar surface area (TPSA) is 106 Å². The van der Waals surface area contributed by atoms with Crippen LogP contribution in [0, 0.1) is 0 Å². The van der Waals surface area contributed by atoms with Crippen LogP contribution in [-0.4, -0.2) is 64.4 Å². The Kier molecular flexibility index (Phi) is 6.01. The lowest BCUT2D eigenvalue weighted by atomic mass is 10.2. The standard InChI is InChI=1S/C23H29N5O5/c1-23(2,3)33-22(31)27-10-7-11-28-15(13-27)12-16(25-28)20(29)24-17-14-32-19-9-6-5-8-18(19)26(4)21(17)30/h5-6,8-9,12,17H,7,10-11,13-14H2,1-4H3,(H,24,29)/t17-/m0/s1. The van der Waals surface area contributed by atoms with E-state index in [2.05, 4.69) is 10.4 Å². The van der Waals surface area contributed by atoms with Gasteiger partial charge in [0.25, 0.3) is 11.8 Å². The Labute approximate surface area is 192 Å².